The standard InChI is InChI=1S/C21H18BrN3O/c1-14-7-6-12-23-19(14)21(26,15-8-4-3-5-9-15)20-24-17-11-10-16(22)13-18(17)25(20)2/h3-13,26H,1-2H3. The van der Waals surface area contributed by atoms with E-state index in [4.69, 9.17) is 4.98 Å². The smallest absolute Gasteiger partial charge is 0.190 e. The fourth-order valence-corrected chi connectivity index (χ4v) is 3.75. The number of fused-ring (bicyclic) bond motifs is 1. The van der Waals surface area contributed by atoms with E-state index in [1.165, 1.54) is 0 Å². The summed E-state index contributed by atoms with van der Waals surface area (Å²) in [6.07, 6.45) is 1.70. The Morgan fingerprint density at radius 1 is 1.04 bits per heavy atom. The van der Waals surface area contributed by atoms with Crippen molar-refractivity contribution in [3.05, 3.63) is 94.0 Å². The molecule has 0 saturated carbocycles. The third-order valence-electron chi connectivity index (χ3n) is 4.71. The first kappa shape index (κ1) is 16.9. The van der Waals surface area contributed by atoms with Crippen molar-refractivity contribution in [3.8, 4) is 0 Å². The lowest BCUT2D eigenvalue weighted by Gasteiger charge is -2.29. The van der Waals surface area contributed by atoms with Crippen molar-refractivity contribution in [2.45, 2.75) is 12.5 Å². The third kappa shape index (κ3) is 2.55. The minimum absolute atomic E-state index is 0.540. The Balaban J connectivity index is 2.07. The number of nitrogens with zero attached hydrogens (tertiary/aromatic N) is 3. The number of aliphatic hydroxyl groups is 1. The largest absolute Gasteiger partial charge is 0.372 e. The highest BCUT2D eigenvalue weighted by atomic mass is 79.9. The first-order chi connectivity index (χ1) is 12.5. The maximum atomic E-state index is 12.0. The summed E-state index contributed by atoms with van der Waals surface area (Å²) < 4.78 is 2.90. The van der Waals surface area contributed by atoms with Gasteiger partial charge in [0, 0.05) is 17.7 Å². The molecule has 0 fully saturated rings. The highest BCUT2D eigenvalue weighted by Crippen LogP contribution is 2.37. The summed E-state index contributed by atoms with van der Waals surface area (Å²) in [7, 11) is 1.92. The number of pyridine rings is 1. The molecule has 0 spiro atoms. The average molecular weight is 408 g/mol. The van der Waals surface area contributed by atoms with E-state index in [9.17, 15) is 5.11 Å². The van der Waals surface area contributed by atoms with Crippen molar-refractivity contribution in [2.75, 3.05) is 0 Å². The molecule has 4 nitrogen and oxygen atoms in total. The third-order valence-corrected chi connectivity index (χ3v) is 5.20. The second-order valence-corrected chi connectivity index (χ2v) is 7.29. The van der Waals surface area contributed by atoms with E-state index in [1.54, 1.807) is 6.20 Å². The number of benzene rings is 2. The summed E-state index contributed by atoms with van der Waals surface area (Å²) in [6.45, 7) is 1.95. The van der Waals surface area contributed by atoms with E-state index < -0.39 is 5.60 Å². The second kappa shape index (κ2) is 6.34. The molecule has 0 aliphatic rings. The predicted octanol–water partition coefficient (Wildman–Crippen LogP) is 4.32. The van der Waals surface area contributed by atoms with E-state index in [0.29, 0.717) is 11.5 Å². The van der Waals surface area contributed by atoms with Crippen molar-refractivity contribution < 1.29 is 5.11 Å². The van der Waals surface area contributed by atoms with E-state index in [2.05, 4.69) is 20.9 Å². The first-order valence-electron chi connectivity index (χ1n) is 8.34. The van der Waals surface area contributed by atoms with E-state index in [1.807, 2.05) is 79.2 Å². The number of hydrogen-bond donors (Lipinski definition) is 1. The van der Waals surface area contributed by atoms with Gasteiger partial charge in [-0.15, -0.1) is 0 Å². The molecule has 0 aliphatic carbocycles. The van der Waals surface area contributed by atoms with Crippen LogP contribution in [0.1, 0.15) is 22.6 Å². The van der Waals surface area contributed by atoms with Crippen LogP contribution in [-0.2, 0) is 12.6 Å². The molecule has 4 rings (SSSR count). The van der Waals surface area contributed by atoms with Crippen LogP contribution >= 0.6 is 15.9 Å². The number of imidazole rings is 1. The zero-order valence-electron chi connectivity index (χ0n) is 14.5. The van der Waals surface area contributed by atoms with E-state index in [-0.39, 0.29) is 0 Å². The normalized spacial score (nSPS) is 13.7. The van der Waals surface area contributed by atoms with Gasteiger partial charge in [-0.3, -0.25) is 4.98 Å². The maximum absolute atomic E-state index is 12.0. The summed E-state index contributed by atoms with van der Waals surface area (Å²) >= 11 is 3.51. The minimum atomic E-state index is -1.45. The quantitative estimate of drug-likeness (QED) is 0.549. The Bertz CT molecular complexity index is 1090. The molecule has 0 radical (unpaired) electrons. The van der Waals surface area contributed by atoms with Crippen LogP contribution < -0.4 is 0 Å². The van der Waals surface area contributed by atoms with Crippen LogP contribution in [0.15, 0.2) is 71.3 Å². The van der Waals surface area contributed by atoms with Crippen LogP contribution in [0.3, 0.4) is 0 Å². The topological polar surface area (TPSA) is 50.9 Å². The molecule has 2 heterocycles. The monoisotopic (exact) mass is 407 g/mol. The average Bonchev–Trinajstić information content (AvgIpc) is 2.99. The van der Waals surface area contributed by atoms with E-state index >= 15 is 0 Å². The molecular formula is C21H18BrN3O. The summed E-state index contributed by atoms with van der Waals surface area (Å²) in [5.74, 6) is 0.540. The number of hydrogen-bond acceptors (Lipinski definition) is 3. The lowest BCUT2D eigenvalue weighted by molar-refractivity contribution is 0.107. The first-order valence-corrected chi connectivity index (χ1v) is 9.13. The van der Waals surface area contributed by atoms with Gasteiger partial charge >= 0.3 is 0 Å². The molecule has 2 aromatic carbocycles. The van der Waals surface area contributed by atoms with Crippen LogP contribution in [0.5, 0.6) is 0 Å². The number of aromatic nitrogens is 3. The molecule has 26 heavy (non-hydrogen) atoms. The molecule has 0 saturated heterocycles. The summed E-state index contributed by atoms with van der Waals surface area (Å²) in [4.78, 5) is 9.29. The van der Waals surface area contributed by atoms with Gasteiger partial charge in [0.25, 0.3) is 0 Å². The van der Waals surface area contributed by atoms with Gasteiger partial charge in [0.05, 0.1) is 16.7 Å². The molecule has 4 aromatic rings. The molecule has 0 bridgehead atoms. The Labute approximate surface area is 160 Å². The van der Waals surface area contributed by atoms with Crippen molar-refractivity contribution in [1.82, 2.24) is 14.5 Å². The molecule has 0 aliphatic heterocycles. The van der Waals surface area contributed by atoms with Gasteiger partial charge in [0.15, 0.2) is 11.4 Å². The van der Waals surface area contributed by atoms with Crippen molar-refractivity contribution in [3.63, 3.8) is 0 Å². The van der Waals surface area contributed by atoms with Gasteiger partial charge < -0.3 is 9.67 Å². The van der Waals surface area contributed by atoms with Gasteiger partial charge in [-0.1, -0.05) is 52.3 Å². The van der Waals surface area contributed by atoms with Crippen LogP contribution in [0.25, 0.3) is 11.0 Å². The predicted molar refractivity (Wildman–Crippen MR) is 106 cm³/mol. The fourth-order valence-electron chi connectivity index (χ4n) is 3.40. The van der Waals surface area contributed by atoms with Crippen molar-refractivity contribution >= 4 is 27.0 Å². The molecule has 2 aromatic heterocycles. The van der Waals surface area contributed by atoms with Crippen molar-refractivity contribution in [2.24, 2.45) is 7.05 Å². The SMILES string of the molecule is Cc1cccnc1C(O)(c1ccccc1)c1nc2ccc(Br)cc2n1C. The van der Waals surface area contributed by atoms with Gasteiger partial charge in [-0.2, -0.15) is 0 Å². The number of rotatable bonds is 3. The number of aryl methyl sites for hydroxylation is 2. The zero-order chi connectivity index (χ0) is 18.3. The van der Waals surface area contributed by atoms with Gasteiger partial charge in [-0.05, 0) is 42.3 Å². The van der Waals surface area contributed by atoms with E-state index in [0.717, 1.165) is 26.6 Å². The van der Waals surface area contributed by atoms with Crippen molar-refractivity contribution in [1.29, 1.82) is 0 Å². The summed E-state index contributed by atoms with van der Waals surface area (Å²) in [6, 6.07) is 19.3. The molecule has 5 heteroatoms. The van der Waals surface area contributed by atoms with Crippen LogP contribution in [0, 0.1) is 6.92 Å². The van der Waals surface area contributed by atoms with Gasteiger partial charge in [0.1, 0.15) is 0 Å². The summed E-state index contributed by atoms with van der Waals surface area (Å²) in [5, 5.41) is 12.0. The summed E-state index contributed by atoms with van der Waals surface area (Å²) in [5.41, 5.74) is 2.55. The zero-order valence-corrected chi connectivity index (χ0v) is 16.1. The molecule has 1 unspecified atom stereocenters. The Kier molecular flexibility index (Phi) is 4.13. The van der Waals surface area contributed by atoms with Crippen LogP contribution in [0.4, 0.5) is 0 Å². The Morgan fingerprint density at radius 3 is 2.54 bits per heavy atom. The Hall–Kier alpha value is -2.50. The number of halogens is 1. The van der Waals surface area contributed by atoms with Gasteiger partial charge in [-0.25, -0.2) is 4.98 Å². The minimum Gasteiger partial charge on any atom is -0.372 e. The fraction of sp³-hybridized carbons (Fsp3) is 0.143. The highest BCUT2D eigenvalue weighted by molar-refractivity contribution is 9.10. The highest BCUT2D eigenvalue weighted by Gasteiger charge is 2.40. The Morgan fingerprint density at radius 2 is 1.81 bits per heavy atom. The second-order valence-electron chi connectivity index (χ2n) is 6.37. The molecule has 1 atom stereocenters. The molecule has 0 amide bonds. The lowest BCUT2D eigenvalue weighted by Crippen LogP contribution is -2.34. The maximum Gasteiger partial charge on any atom is 0.190 e. The molecular weight excluding hydrogens is 390 g/mol. The lowest BCUT2D eigenvalue weighted by atomic mass is 9.86. The molecule has 130 valence electrons. The van der Waals surface area contributed by atoms with Crippen LogP contribution in [0.2, 0.25) is 0 Å². The van der Waals surface area contributed by atoms with Crippen LogP contribution in [-0.4, -0.2) is 19.6 Å². The van der Waals surface area contributed by atoms with Gasteiger partial charge in [0.2, 0.25) is 0 Å². The molecule has 1 N–H and O–H groups in total.